The maximum absolute atomic E-state index is 12.3. The van der Waals surface area contributed by atoms with Crippen LogP contribution in [0.15, 0.2) is 12.3 Å². The summed E-state index contributed by atoms with van der Waals surface area (Å²) in [4.78, 5) is 21.6. The largest absolute Gasteiger partial charge is 0.481 e. The molecule has 1 aromatic rings. The fourth-order valence-corrected chi connectivity index (χ4v) is 4.20. The number of carboxylic acid groups (broad SMARTS) is 1. The Labute approximate surface area is 155 Å². The average molecular weight is 385 g/mol. The number of carbonyl (C=O) groups is 1. The van der Waals surface area contributed by atoms with E-state index in [0.717, 1.165) is 12.2 Å². The molecule has 2 rings (SSSR count). The molecule has 0 amide bonds. The first-order chi connectivity index (χ1) is 12.2. The number of nitrogens with zero attached hydrogens (tertiary/aromatic N) is 4. The zero-order valence-corrected chi connectivity index (χ0v) is 16.4. The Balaban J connectivity index is 1.97. The highest BCUT2D eigenvalue weighted by Crippen LogP contribution is 2.22. The molecule has 1 atom stereocenters. The predicted octanol–water partition coefficient (Wildman–Crippen LogP) is 1.70. The summed E-state index contributed by atoms with van der Waals surface area (Å²) in [6.07, 6.45) is 3.17. The van der Waals surface area contributed by atoms with Gasteiger partial charge in [0.25, 0.3) is 0 Å². The van der Waals surface area contributed by atoms with Gasteiger partial charge in [-0.05, 0) is 32.8 Å². The van der Waals surface area contributed by atoms with Gasteiger partial charge in [-0.25, -0.2) is 18.4 Å². The number of rotatable bonds is 8. The van der Waals surface area contributed by atoms with Crippen molar-refractivity contribution in [3.05, 3.63) is 18.1 Å². The van der Waals surface area contributed by atoms with Crippen LogP contribution in [0.4, 0.5) is 5.82 Å². The predicted molar refractivity (Wildman–Crippen MR) is 99.8 cm³/mol. The van der Waals surface area contributed by atoms with E-state index in [1.165, 1.54) is 0 Å². The quantitative estimate of drug-likeness (QED) is 0.727. The van der Waals surface area contributed by atoms with Crippen molar-refractivity contribution >= 4 is 21.8 Å². The molecule has 1 aromatic heterocycles. The van der Waals surface area contributed by atoms with Crippen molar-refractivity contribution < 1.29 is 18.3 Å². The number of anilines is 1. The summed E-state index contributed by atoms with van der Waals surface area (Å²) in [6.45, 7) is 7.48. The molecule has 1 fully saturated rings. The van der Waals surface area contributed by atoms with Gasteiger partial charge in [0, 0.05) is 44.7 Å². The number of aromatic nitrogens is 2. The normalized spacial score (nSPS) is 17.5. The highest BCUT2D eigenvalue weighted by molar-refractivity contribution is 7.89. The SMILES string of the molecule is CC(C)S(=O)(=O)N1CCN(c2ccnc([C@H](C)CCCC(=O)O)n2)CC1. The zero-order chi connectivity index (χ0) is 19.3. The Morgan fingerprint density at radius 3 is 2.46 bits per heavy atom. The third-order valence-corrected chi connectivity index (χ3v) is 6.92. The molecule has 1 N–H and O–H groups in total. The molecular formula is C17H28N4O4S. The van der Waals surface area contributed by atoms with Gasteiger partial charge in [0.2, 0.25) is 10.0 Å². The number of carboxylic acids is 1. The van der Waals surface area contributed by atoms with Gasteiger partial charge >= 0.3 is 5.97 Å². The molecule has 0 aromatic carbocycles. The summed E-state index contributed by atoms with van der Waals surface area (Å²) in [5.41, 5.74) is 0. The fourth-order valence-electron chi connectivity index (χ4n) is 2.94. The van der Waals surface area contributed by atoms with Crippen LogP contribution in [0.25, 0.3) is 0 Å². The summed E-state index contributed by atoms with van der Waals surface area (Å²) in [5, 5.41) is 8.33. The van der Waals surface area contributed by atoms with Crippen LogP contribution in [-0.2, 0) is 14.8 Å². The Morgan fingerprint density at radius 1 is 1.23 bits per heavy atom. The van der Waals surface area contributed by atoms with E-state index >= 15 is 0 Å². The van der Waals surface area contributed by atoms with Crippen LogP contribution >= 0.6 is 0 Å². The van der Waals surface area contributed by atoms with Crippen molar-refractivity contribution in [3.63, 3.8) is 0 Å². The van der Waals surface area contributed by atoms with Gasteiger partial charge in [-0.2, -0.15) is 4.31 Å². The summed E-state index contributed by atoms with van der Waals surface area (Å²) in [6, 6.07) is 1.83. The van der Waals surface area contributed by atoms with Gasteiger partial charge in [-0.15, -0.1) is 0 Å². The molecule has 9 heteroatoms. The van der Waals surface area contributed by atoms with E-state index in [1.54, 1.807) is 24.3 Å². The minimum Gasteiger partial charge on any atom is -0.481 e. The first-order valence-electron chi connectivity index (χ1n) is 9.00. The molecule has 0 saturated carbocycles. The van der Waals surface area contributed by atoms with Crippen molar-refractivity contribution in [1.82, 2.24) is 14.3 Å². The van der Waals surface area contributed by atoms with Crippen LogP contribution in [0.3, 0.4) is 0 Å². The number of sulfonamides is 1. The van der Waals surface area contributed by atoms with Crippen molar-refractivity contribution in [2.45, 2.75) is 51.2 Å². The van der Waals surface area contributed by atoms with E-state index < -0.39 is 21.2 Å². The van der Waals surface area contributed by atoms with Crippen LogP contribution in [0.2, 0.25) is 0 Å². The highest BCUT2D eigenvalue weighted by Gasteiger charge is 2.29. The van der Waals surface area contributed by atoms with E-state index in [4.69, 9.17) is 5.11 Å². The second-order valence-electron chi connectivity index (χ2n) is 6.94. The van der Waals surface area contributed by atoms with Crippen molar-refractivity contribution in [3.8, 4) is 0 Å². The molecule has 0 radical (unpaired) electrons. The van der Waals surface area contributed by atoms with Crippen molar-refractivity contribution in [1.29, 1.82) is 0 Å². The van der Waals surface area contributed by atoms with E-state index in [1.807, 2.05) is 13.0 Å². The minimum absolute atomic E-state index is 0.0805. The summed E-state index contributed by atoms with van der Waals surface area (Å²) in [5.74, 6) is 0.782. The molecule has 26 heavy (non-hydrogen) atoms. The van der Waals surface area contributed by atoms with Gasteiger partial charge in [-0.1, -0.05) is 6.92 Å². The summed E-state index contributed by atoms with van der Waals surface area (Å²) < 4.78 is 26.1. The molecule has 8 nitrogen and oxygen atoms in total. The monoisotopic (exact) mass is 384 g/mol. The lowest BCUT2D eigenvalue weighted by Crippen LogP contribution is -2.50. The van der Waals surface area contributed by atoms with Crippen molar-refractivity contribution in [2.75, 3.05) is 31.1 Å². The van der Waals surface area contributed by atoms with Gasteiger partial charge in [-0.3, -0.25) is 4.79 Å². The molecule has 1 aliphatic rings. The summed E-state index contributed by atoms with van der Waals surface area (Å²) >= 11 is 0. The lowest BCUT2D eigenvalue weighted by Gasteiger charge is -2.35. The first kappa shape index (κ1) is 20.6. The Bertz CT molecular complexity index is 715. The van der Waals surface area contributed by atoms with Crippen LogP contribution in [-0.4, -0.2) is 65.2 Å². The molecule has 0 bridgehead atoms. The molecule has 0 spiro atoms. The second-order valence-corrected chi connectivity index (χ2v) is 9.43. The molecule has 1 saturated heterocycles. The minimum atomic E-state index is -3.22. The zero-order valence-electron chi connectivity index (χ0n) is 15.6. The van der Waals surface area contributed by atoms with Crippen LogP contribution in [0.5, 0.6) is 0 Å². The van der Waals surface area contributed by atoms with E-state index in [9.17, 15) is 13.2 Å². The van der Waals surface area contributed by atoms with E-state index in [-0.39, 0.29) is 12.3 Å². The molecule has 146 valence electrons. The molecule has 0 unspecified atom stereocenters. The number of piperazine rings is 1. The van der Waals surface area contributed by atoms with E-state index in [2.05, 4.69) is 14.9 Å². The third kappa shape index (κ3) is 5.14. The standard InChI is InChI=1S/C17H28N4O4S/c1-13(2)26(24,25)21-11-9-20(10-12-21)15-7-8-18-17(19-15)14(3)5-4-6-16(22)23/h7-8,13-14H,4-6,9-12H2,1-3H3,(H,22,23)/t14-/m1/s1. The number of hydrogen-bond donors (Lipinski definition) is 1. The molecule has 2 heterocycles. The number of aliphatic carboxylic acids is 1. The maximum Gasteiger partial charge on any atom is 0.303 e. The molecule has 1 aliphatic heterocycles. The van der Waals surface area contributed by atoms with Gasteiger partial charge in [0.15, 0.2) is 0 Å². The number of hydrogen-bond acceptors (Lipinski definition) is 6. The Morgan fingerprint density at radius 2 is 1.88 bits per heavy atom. The van der Waals surface area contributed by atoms with Gasteiger partial charge < -0.3 is 10.0 Å². The second kappa shape index (κ2) is 8.77. The average Bonchev–Trinajstić information content (AvgIpc) is 2.61. The lowest BCUT2D eigenvalue weighted by molar-refractivity contribution is -0.137. The lowest BCUT2D eigenvalue weighted by atomic mass is 10.0. The summed E-state index contributed by atoms with van der Waals surface area (Å²) in [7, 11) is -3.22. The first-order valence-corrected chi connectivity index (χ1v) is 10.5. The highest BCUT2D eigenvalue weighted by atomic mass is 32.2. The van der Waals surface area contributed by atoms with E-state index in [0.29, 0.717) is 38.4 Å². The van der Waals surface area contributed by atoms with Crippen LogP contribution in [0.1, 0.15) is 51.8 Å². The van der Waals surface area contributed by atoms with Gasteiger partial charge in [0.1, 0.15) is 11.6 Å². The molecular weight excluding hydrogens is 356 g/mol. The Hall–Kier alpha value is -1.74. The fraction of sp³-hybridized carbons (Fsp3) is 0.706. The smallest absolute Gasteiger partial charge is 0.303 e. The Kier molecular flexibility index (Phi) is 6.94. The van der Waals surface area contributed by atoms with Crippen LogP contribution < -0.4 is 4.90 Å². The van der Waals surface area contributed by atoms with Gasteiger partial charge in [0.05, 0.1) is 5.25 Å². The topological polar surface area (TPSA) is 104 Å². The molecule has 0 aliphatic carbocycles. The third-order valence-electron chi connectivity index (χ3n) is 4.65. The maximum atomic E-state index is 12.3. The van der Waals surface area contributed by atoms with Crippen molar-refractivity contribution in [2.24, 2.45) is 0 Å². The van der Waals surface area contributed by atoms with Crippen LogP contribution in [0, 0.1) is 0 Å².